The van der Waals surface area contributed by atoms with E-state index in [1.165, 1.54) is 22.8 Å². The van der Waals surface area contributed by atoms with E-state index in [1.807, 2.05) is 0 Å². The Hall–Kier alpha value is -0.920. The monoisotopic (exact) mass is 331 g/mol. The molecule has 0 spiro atoms. The van der Waals surface area contributed by atoms with Gasteiger partial charge in [-0.1, -0.05) is 29.8 Å². The predicted octanol–water partition coefficient (Wildman–Crippen LogP) is 2.93. The van der Waals surface area contributed by atoms with Crippen molar-refractivity contribution in [3.63, 3.8) is 0 Å². The summed E-state index contributed by atoms with van der Waals surface area (Å²) in [5.74, 6) is 0. The van der Waals surface area contributed by atoms with Crippen LogP contribution in [-0.4, -0.2) is 13.5 Å². The van der Waals surface area contributed by atoms with Crippen molar-refractivity contribution in [3.8, 4) is 0 Å². The third-order valence-electron chi connectivity index (χ3n) is 2.80. The van der Waals surface area contributed by atoms with Crippen molar-refractivity contribution in [1.29, 1.82) is 0 Å². The molecule has 0 aliphatic heterocycles. The van der Waals surface area contributed by atoms with Gasteiger partial charge in [-0.05, 0) is 24.6 Å². The van der Waals surface area contributed by atoms with Gasteiger partial charge in [0.05, 0.1) is 11.5 Å². The average Bonchev–Trinajstić information content (AvgIpc) is 2.88. The van der Waals surface area contributed by atoms with Crippen LogP contribution in [0.25, 0.3) is 0 Å². The van der Waals surface area contributed by atoms with Crippen LogP contribution in [0, 0.1) is 0 Å². The lowest BCUT2D eigenvalue weighted by Crippen LogP contribution is -2.26. The minimum absolute atomic E-state index is 0.158. The number of aliphatic hydroxyl groups is 1. The molecule has 0 saturated carbocycles. The molecule has 0 amide bonds. The van der Waals surface area contributed by atoms with Gasteiger partial charge < -0.3 is 5.11 Å². The Labute approximate surface area is 127 Å². The summed E-state index contributed by atoms with van der Waals surface area (Å²) >= 11 is 7.26. The third kappa shape index (κ3) is 3.39. The van der Waals surface area contributed by atoms with E-state index in [-0.39, 0.29) is 11.5 Å². The number of nitrogens with one attached hydrogen (secondary N) is 1. The van der Waals surface area contributed by atoms with Crippen LogP contribution < -0.4 is 4.72 Å². The maximum atomic E-state index is 12.2. The topological polar surface area (TPSA) is 66.4 Å². The molecule has 1 atom stereocenters. The maximum absolute atomic E-state index is 12.2. The molecule has 4 nitrogen and oxygen atoms in total. The van der Waals surface area contributed by atoms with E-state index < -0.39 is 16.1 Å². The van der Waals surface area contributed by atoms with Crippen molar-refractivity contribution in [2.45, 2.75) is 24.5 Å². The first-order chi connectivity index (χ1) is 9.44. The first-order valence-electron chi connectivity index (χ1n) is 5.89. The molecule has 2 aromatic rings. The number of hydrogen-bond donors (Lipinski definition) is 2. The van der Waals surface area contributed by atoms with Crippen molar-refractivity contribution in [2.75, 3.05) is 0 Å². The van der Waals surface area contributed by atoms with Gasteiger partial charge in [0.15, 0.2) is 0 Å². The number of aliphatic hydroxyl groups excluding tert-OH is 1. The van der Waals surface area contributed by atoms with Crippen molar-refractivity contribution < 1.29 is 13.5 Å². The molecule has 2 N–H and O–H groups in total. The summed E-state index contributed by atoms with van der Waals surface area (Å²) in [6.07, 6.45) is 0. The highest BCUT2D eigenvalue weighted by atomic mass is 35.5. The quantitative estimate of drug-likeness (QED) is 0.885. The van der Waals surface area contributed by atoms with E-state index in [2.05, 4.69) is 4.72 Å². The molecule has 7 heteroatoms. The molecule has 20 heavy (non-hydrogen) atoms. The van der Waals surface area contributed by atoms with Gasteiger partial charge >= 0.3 is 0 Å². The second kappa shape index (κ2) is 6.24. The van der Waals surface area contributed by atoms with Crippen LogP contribution in [0.15, 0.2) is 40.6 Å². The van der Waals surface area contributed by atoms with Gasteiger partial charge in [-0.3, -0.25) is 0 Å². The molecule has 1 aromatic heterocycles. The minimum atomic E-state index is -3.62. The largest absolute Gasteiger partial charge is 0.391 e. The lowest BCUT2D eigenvalue weighted by Gasteiger charge is -2.15. The van der Waals surface area contributed by atoms with Crippen LogP contribution in [0.4, 0.5) is 0 Å². The molecule has 1 unspecified atom stereocenters. The summed E-state index contributed by atoms with van der Waals surface area (Å²) in [6.45, 7) is 1.57. The summed E-state index contributed by atoms with van der Waals surface area (Å²) in [5, 5.41) is 11.0. The Morgan fingerprint density at radius 2 is 2.10 bits per heavy atom. The van der Waals surface area contributed by atoms with E-state index in [0.717, 1.165) is 5.56 Å². The molecular weight excluding hydrogens is 318 g/mol. The summed E-state index contributed by atoms with van der Waals surface area (Å²) in [7, 11) is -3.62. The average molecular weight is 332 g/mol. The van der Waals surface area contributed by atoms with Crippen molar-refractivity contribution in [1.82, 2.24) is 4.72 Å². The molecule has 0 saturated heterocycles. The lowest BCUT2D eigenvalue weighted by molar-refractivity contribution is 0.285. The second-order valence-corrected chi connectivity index (χ2v) is 7.39. The molecule has 0 aliphatic rings. The number of rotatable bonds is 5. The number of benzene rings is 1. The maximum Gasteiger partial charge on any atom is 0.241 e. The Morgan fingerprint density at radius 3 is 2.70 bits per heavy atom. The van der Waals surface area contributed by atoms with E-state index in [1.54, 1.807) is 31.2 Å². The van der Waals surface area contributed by atoms with Crippen LogP contribution in [0.3, 0.4) is 0 Å². The Balaban J connectivity index is 2.22. The van der Waals surface area contributed by atoms with Gasteiger partial charge in [-0.2, -0.15) is 0 Å². The first-order valence-corrected chi connectivity index (χ1v) is 8.63. The van der Waals surface area contributed by atoms with Crippen LogP contribution in [0.1, 0.15) is 23.4 Å². The highest BCUT2D eigenvalue weighted by Gasteiger charge is 2.20. The van der Waals surface area contributed by atoms with Crippen LogP contribution in [0.5, 0.6) is 0 Å². The zero-order valence-electron chi connectivity index (χ0n) is 10.7. The fraction of sp³-hybridized carbons (Fsp3) is 0.231. The summed E-state index contributed by atoms with van der Waals surface area (Å²) in [4.78, 5) is 0.765. The molecule has 2 rings (SSSR count). The lowest BCUT2D eigenvalue weighted by atomic mass is 10.1. The molecular formula is C13H14ClNO3S2. The van der Waals surface area contributed by atoms with Gasteiger partial charge in [0.2, 0.25) is 10.0 Å². The first kappa shape index (κ1) is 15.5. The molecule has 1 heterocycles. The summed E-state index contributed by atoms with van der Waals surface area (Å²) in [5.41, 5.74) is 0.718. The van der Waals surface area contributed by atoms with Gasteiger partial charge in [-0.25, -0.2) is 13.1 Å². The fourth-order valence-corrected chi connectivity index (χ4v) is 4.43. The number of hydrogen-bond acceptors (Lipinski definition) is 4. The standard InChI is InChI=1S/C13H14ClNO3S2/c1-9(12-4-2-3-5-13(12)14)15-20(17,18)11-6-10(7-16)19-8-11/h2-6,8-9,15-16H,7H2,1H3. The fourth-order valence-electron chi connectivity index (χ4n) is 1.77. The van der Waals surface area contributed by atoms with Crippen molar-refractivity contribution in [3.05, 3.63) is 51.2 Å². The molecule has 0 bridgehead atoms. The number of sulfonamides is 1. The molecule has 108 valence electrons. The van der Waals surface area contributed by atoms with Crippen LogP contribution >= 0.6 is 22.9 Å². The second-order valence-electron chi connectivity index (χ2n) is 4.27. The van der Waals surface area contributed by atoms with Crippen molar-refractivity contribution in [2.24, 2.45) is 0 Å². The highest BCUT2D eigenvalue weighted by molar-refractivity contribution is 7.89. The molecule has 1 aromatic carbocycles. The Kier molecular flexibility index (Phi) is 4.82. The molecule has 0 radical (unpaired) electrons. The number of thiophene rings is 1. The van der Waals surface area contributed by atoms with Crippen molar-refractivity contribution >= 4 is 33.0 Å². The van der Waals surface area contributed by atoms with Gasteiger partial charge in [0, 0.05) is 21.3 Å². The van der Waals surface area contributed by atoms with Gasteiger partial charge in [-0.15, -0.1) is 11.3 Å². The van der Waals surface area contributed by atoms with Gasteiger partial charge in [0.1, 0.15) is 0 Å². The zero-order valence-corrected chi connectivity index (χ0v) is 13.1. The molecule has 0 fully saturated rings. The summed E-state index contributed by atoms with van der Waals surface area (Å²) in [6, 6.07) is 8.12. The minimum Gasteiger partial charge on any atom is -0.391 e. The predicted molar refractivity (Wildman–Crippen MR) is 80.4 cm³/mol. The smallest absolute Gasteiger partial charge is 0.241 e. The molecule has 0 aliphatic carbocycles. The SMILES string of the molecule is CC(NS(=O)(=O)c1csc(CO)c1)c1ccccc1Cl. The number of halogens is 1. The van der Waals surface area contributed by atoms with E-state index >= 15 is 0 Å². The highest BCUT2D eigenvalue weighted by Crippen LogP contribution is 2.25. The zero-order chi connectivity index (χ0) is 14.8. The summed E-state index contributed by atoms with van der Waals surface area (Å²) < 4.78 is 27.0. The van der Waals surface area contributed by atoms with E-state index in [4.69, 9.17) is 16.7 Å². The van der Waals surface area contributed by atoms with Gasteiger partial charge in [0.25, 0.3) is 0 Å². The Morgan fingerprint density at radius 1 is 1.40 bits per heavy atom. The normalized spacial score (nSPS) is 13.3. The van der Waals surface area contributed by atoms with Crippen LogP contribution in [0.2, 0.25) is 5.02 Å². The third-order valence-corrected chi connectivity index (χ3v) is 5.73. The van der Waals surface area contributed by atoms with Crippen LogP contribution in [-0.2, 0) is 16.6 Å². The van der Waals surface area contributed by atoms with E-state index in [9.17, 15) is 8.42 Å². The Bertz CT molecular complexity index is 697. The van der Waals surface area contributed by atoms with E-state index in [0.29, 0.717) is 9.90 Å².